The molecule has 2 rings (SSSR count). The Hall–Kier alpha value is -1.35. The van der Waals surface area contributed by atoms with Crippen molar-refractivity contribution in [1.29, 1.82) is 0 Å². The Labute approximate surface area is 127 Å². The monoisotopic (exact) mass is 289 g/mol. The molecule has 0 unspecified atom stereocenters. The summed E-state index contributed by atoms with van der Waals surface area (Å²) in [7, 11) is 0. The van der Waals surface area contributed by atoms with Crippen LogP contribution >= 0.6 is 0 Å². The summed E-state index contributed by atoms with van der Waals surface area (Å²) < 4.78 is 0. The second-order valence-corrected chi connectivity index (χ2v) is 6.90. The van der Waals surface area contributed by atoms with Crippen LogP contribution in [0.1, 0.15) is 49.8 Å². The molecule has 0 saturated carbocycles. The Bertz CT molecular complexity index is 494. The standard InChI is InChI=1S/C18H27NO2/c1-18(2,9-10-20)13-19-17(21)12-14-7-8-15-5-3-4-6-16(15)11-14/h7-8,11,20H,3-6,9-10,12-13H2,1-2H3,(H,19,21). The van der Waals surface area contributed by atoms with Crippen molar-refractivity contribution in [2.24, 2.45) is 5.41 Å². The summed E-state index contributed by atoms with van der Waals surface area (Å²) in [6.45, 7) is 4.88. The number of amides is 1. The summed E-state index contributed by atoms with van der Waals surface area (Å²) in [4.78, 5) is 12.1. The number of fused-ring (bicyclic) bond motifs is 1. The fourth-order valence-electron chi connectivity index (χ4n) is 2.87. The molecule has 0 heterocycles. The highest BCUT2D eigenvalue weighted by molar-refractivity contribution is 5.78. The molecule has 3 nitrogen and oxygen atoms in total. The van der Waals surface area contributed by atoms with Gasteiger partial charge in [0.2, 0.25) is 5.91 Å². The maximum absolute atomic E-state index is 12.1. The van der Waals surface area contributed by atoms with Gasteiger partial charge in [-0.1, -0.05) is 32.0 Å². The van der Waals surface area contributed by atoms with Gasteiger partial charge in [0.05, 0.1) is 6.42 Å². The SMILES string of the molecule is CC(C)(CCO)CNC(=O)Cc1ccc2c(c1)CCCC2. The first-order valence-electron chi connectivity index (χ1n) is 7.98. The molecule has 1 aromatic carbocycles. The van der Waals surface area contributed by atoms with Crippen molar-refractivity contribution in [3.8, 4) is 0 Å². The molecule has 0 aliphatic heterocycles. The van der Waals surface area contributed by atoms with Gasteiger partial charge < -0.3 is 10.4 Å². The zero-order valence-electron chi connectivity index (χ0n) is 13.2. The molecular formula is C18H27NO2. The lowest BCUT2D eigenvalue weighted by Gasteiger charge is -2.24. The largest absolute Gasteiger partial charge is 0.396 e. The normalized spacial score (nSPS) is 14.6. The Morgan fingerprint density at radius 3 is 2.67 bits per heavy atom. The molecule has 3 heteroatoms. The molecule has 2 N–H and O–H groups in total. The third kappa shape index (κ3) is 4.85. The maximum atomic E-state index is 12.1. The highest BCUT2D eigenvalue weighted by Crippen LogP contribution is 2.22. The van der Waals surface area contributed by atoms with Crippen molar-refractivity contribution in [3.05, 3.63) is 34.9 Å². The van der Waals surface area contributed by atoms with Gasteiger partial charge in [0, 0.05) is 13.2 Å². The van der Waals surface area contributed by atoms with Crippen molar-refractivity contribution in [2.75, 3.05) is 13.2 Å². The van der Waals surface area contributed by atoms with Gasteiger partial charge in [-0.2, -0.15) is 0 Å². The first-order valence-corrected chi connectivity index (χ1v) is 7.98. The van der Waals surface area contributed by atoms with Gasteiger partial charge in [0.25, 0.3) is 0 Å². The molecule has 0 radical (unpaired) electrons. The second-order valence-electron chi connectivity index (χ2n) is 6.90. The summed E-state index contributed by atoms with van der Waals surface area (Å²) in [6, 6.07) is 6.47. The van der Waals surface area contributed by atoms with Crippen LogP contribution in [0, 0.1) is 5.41 Å². The van der Waals surface area contributed by atoms with E-state index in [9.17, 15) is 4.79 Å². The van der Waals surface area contributed by atoms with Crippen LogP contribution in [0.4, 0.5) is 0 Å². The predicted octanol–water partition coefficient (Wildman–Crippen LogP) is 2.63. The zero-order valence-corrected chi connectivity index (χ0v) is 13.2. The second kappa shape index (κ2) is 7.08. The van der Waals surface area contributed by atoms with Gasteiger partial charge >= 0.3 is 0 Å². The van der Waals surface area contributed by atoms with Crippen LogP contribution in [0.3, 0.4) is 0 Å². The molecule has 0 bridgehead atoms. The van der Waals surface area contributed by atoms with E-state index in [2.05, 4.69) is 37.4 Å². The average Bonchev–Trinajstić information content (AvgIpc) is 2.45. The molecule has 1 aromatic rings. The third-order valence-corrected chi connectivity index (χ3v) is 4.33. The van der Waals surface area contributed by atoms with E-state index in [4.69, 9.17) is 5.11 Å². The van der Waals surface area contributed by atoms with Crippen LogP contribution < -0.4 is 5.32 Å². The van der Waals surface area contributed by atoms with Gasteiger partial charge in [0.1, 0.15) is 0 Å². The van der Waals surface area contributed by atoms with Gasteiger partial charge in [-0.05, 0) is 54.2 Å². The fourth-order valence-corrected chi connectivity index (χ4v) is 2.87. The quantitative estimate of drug-likeness (QED) is 0.846. The Morgan fingerprint density at radius 2 is 1.95 bits per heavy atom. The van der Waals surface area contributed by atoms with Crippen LogP contribution in [0.2, 0.25) is 0 Å². The molecule has 0 spiro atoms. The zero-order chi connectivity index (χ0) is 15.3. The number of rotatable bonds is 6. The van der Waals surface area contributed by atoms with Crippen molar-refractivity contribution in [1.82, 2.24) is 5.32 Å². The van der Waals surface area contributed by atoms with E-state index in [-0.39, 0.29) is 17.9 Å². The minimum atomic E-state index is -0.0553. The van der Waals surface area contributed by atoms with E-state index in [1.54, 1.807) is 0 Å². The Kier molecular flexibility index (Phi) is 5.40. The molecule has 1 aliphatic rings. The molecule has 1 amide bonds. The molecule has 21 heavy (non-hydrogen) atoms. The van der Waals surface area contributed by atoms with E-state index in [1.807, 2.05) is 0 Å². The molecule has 116 valence electrons. The number of hydrogen-bond acceptors (Lipinski definition) is 2. The lowest BCUT2D eigenvalue weighted by Crippen LogP contribution is -2.35. The number of carbonyl (C=O) groups excluding carboxylic acids is 1. The Morgan fingerprint density at radius 1 is 1.24 bits per heavy atom. The van der Waals surface area contributed by atoms with E-state index in [0.29, 0.717) is 19.4 Å². The van der Waals surface area contributed by atoms with Crippen LogP contribution in [0.15, 0.2) is 18.2 Å². The highest BCUT2D eigenvalue weighted by atomic mass is 16.3. The molecule has 0 atom stereocenters. The van der Waals surface area contributed by atoms with Gasteiger partial charge in [-0.15, -0.1) is 0 Å². The predicted molar refractivity (Wildman–Crippen MR) is 85.3 cm³/mol. The summed E-state index contributed by atoms with van der Waals surface area (Å²) in [5.74, 6) is 0.0665. The van der Waals surface area contributed by atoms with Crippen LogP contribution in [0.25, 0.3) is 0 Å². The summed E-state index contributed by atoms with van der Waals surface area (Å²) in [5, 5.41) is 12.0. The highest BCUT2D eigenvalue weighted by Gasteiger charge is 2.18. The number of aryl methyl sites for hydroxylation is 2. The number of aliphatic hydroxyl groups excluding tert-OH is 1. The number of benzene rings is 1. The number of nitrogens with one attached hydrogen (secondary N) is 1. The molecule has 0 aromatic heterocycles. The lowest BCUT2D eigenvalue weighted by atomic mass is 9.89. The minimum absolute atomic E-state index is 0.0553. The first-order chi connectivity index (χ1) is 10.00. The molecular weight excluding hydrogens is 262 g/mol. The fraction of sp³-hybridized carbons (Fsp3) is 0.611. The van der Waals surface area contributed by atoms with Gasteiger partial charge in [-0.25, -0.2) is 0 Å². The summed E-state index contributed by atoms with van der Waals surface area (Å²) >= 11 is 0. The van der Waals surface area contributed by atoms with E-state index in [0.717, 1.165) is 12.0 Å². The summed E-state index contributed by atoms with van der Waals surface area (Å²) in [5.41, 5.74) is 3.93. The number of carbonyl (C=O) groups is 1. The van der Waals surface area contributed by atoms with E-state index >= 15 is 0 Å². The van der Waals surface area contributed by atoms with Gasteiger partial charge in [-0.3, -0.25) is 4.79 Å². The maximum Gasteiger partial charge on any atom is 0.224 e. The number of hydrogen-bond donors (Lipinski definition) is 2. The third-order valence-electron chi connectivity index (χ3n) is 4.33. The lowest BCUT2D eigenvalue weighted by molar-refractivity contribution is -0.120. The van der Waals surface area contributed by atoms with Gasteiger partial charge in [0.15, 0.2) is 0 Å². The Balaban J connectivity index is 1.88. The van der Waals surface area contributed by atoms with Crippen LogP contribution in [-0.2, 0) is 24.1 Å². The molecule has 0 fully saturated rings. The number of aliphatic hydroxyl groups is 1. The first kappa shape index (κ1) is 16.0. The van der Waals surface area contributed by atoms with Crippen LogP contribution in [0.5, 0.6) is 0 Å². The smallest absolute Gasteiger partial charge is 0.224 e. The van der Waals surface area contributed by atoms with Crippen molar-refractivity contribution >= 4 is 5.91 Å². The van der Waals surface area contributed by atoms with E-state index < -0.39 is 0 Å². The van der Waals surface area contributed by atoms with E-state index in [1.165, 1.54) is 30.4 Å². The van der Waals surface area contributed by atoms with Crippen molar-refractivity contribution in [3.63, 3.8) is 0 Å². The van der Waals surface area contributed by atoms with Crippen molar-refractivity contribution < 1.29 is 9.90 Å². The minimum Gasteiger partial charge on any atom is -0.396 e. The molecule has 1 aliphatic carbocycles. The average molecular weight is 289 g/mol. The summed E-state index contributed by atoms with van der Waals surface area (Å²) in [6.07, 6.45) is 6.02. The van der Waals surface area contributed by atoms with Crippen LogP contribution in [-0.4, -0.2) is 24.2 Å². The topological polar surface area (TPSA) is 49.3 Å². The van der Waals surface area contributed by atoms with Crippen molar-refractivity contribution in [2.45, 2.75) is 52.4 Å². The molecule has 0 saturated heterocycles.